The highest BCUT2D eigenvalue weighted by Gasteiger charge is 2.28. The van der Waals surface area contributed by atoms with Crippen molar-refractivity contribution in [1.29, 1.82) is 0 Å². The molecule has 1 rings (SSSR count). The van der Waals surface area contributed by atoms with E-state index in [1.54, 1.807) is 0 Å². The van der Waals surface area contributed by atoms with E-state index in [4.69, 9.17) is 5.73 Å². The Morgan fingerprint density at radius 2 is 1.94 bits per heavy atom. The lowest BCUT2D eigenvalue weighted by Crippen LogP contribution is -2.45. The molecule has 3 N–H and O–H groups in total. The number of nitrogens with two attached hydrogens (primary N) is 1. The Balaban J connectivity index is 2.46. The third-order valence-electron chi connectivity index (χ3n) is 4.34. The smallest absolute Gasteiger partial charge is 0.224 e. The summed E-state index contributed by atoms with van der Waals surface area (Å²) in [5.41, 5.74) is 5.67. The van der Waals surface area contributed by atoms with Gasteiger partial charge in [-0.2, -0.15) is 0 Å². The minimum absolute atomic E-state index is 0.0374. The van der Waals surface area contributed by atoms with E-state index in [2.05, 4.69) is 33.0 Å². The fraction of sp³-hybridized carbons (Fsp3) is 0.929. The summed E-state index contributed by atoms with van der Waals surface area (Å²) < 4.78 is 0. The summed E-state index contributed by atoms with van der Waals surface area (Å²) in [6, 6.07) is 0.362. The van der Waals surface area contributed by atoms with Crippen molar-refractivity contribution in [3.63, 3.8) is 0 Å². The molecular weight excluding hydrogens is 212 g/mol. The predicted octanol–water partition coefficient (Wildman–Crippen LogP) is 2.16. The lowest BCUT2D eigenvalue weighted by molar-refractivity contribution is -0.127. The molecule has 4 atom stereocenters. The predicted molar refractivity (Wildman–Crippen MR) is 71.5 cm³/mol. The Kier molecular flexibility index (Phi) is 5.44. The quantitative estimate of drug-likeness (QED) is 0.791. The maximum absolute atomic E-state index is 12.1. The van der Waals surface area contributed by atoms with Crippen LogP contribution in [0.25, 0.3) is 0 Å². The molecule has 1 fully saturated rings. The summed E-state index contributed by atoms with van der Waals surface area (Å²) in [6.45, 7) is 9.15. The highest BCUT2D eigenvalue weighted by atomic mass is 16.2. The summed E-state index contributed by atoms with van der Waals surface area (Å²) in [4.78, 5) is 12.1. The molecular formula is C14H28N2O. The largest absolute Gasteiger partial charge is 0.353 e. The number of nitrogens with one attached hydrogen (secondary N) is 1. The van der Waals surface area contributed by atoms with Gasteiger partial charge in [-0.3, -0.25) is 4.79 Å². The maximum atomic E-state index is 12.1. The Morgan fingerprint density at radius 1 is 1.29 bits per heavy atom. The summed E-state index contributed by atoms with van der Waals surface area (Å²) in [5, 5.41) is 3.18. The average molecular weight is 240 g/mol. The van der Waals surface area contributed by atoms with Crippen molar-refractivity contribution in [3.8, 4) is 0 Å². The second-order valence-electron chi connectivity index (χ2n) is 6.06. The van der Waals surface area contributed by atoms with Crippen molar-refractivity contribution in [2.45, 2.75) is 53.0 Å². The first-order valence-electron chi connectivity index (χ1n) is 6.96. The minimum Gasteiger partial charge on any atom is -0.353 e. The molecule has 0 aromatic rings. The Hall–Kier alpha value is -0.570. The first-order valence-corrected chi connectivity index (χ1v) is 6.96. The lowest BCUT2D eigenvalue weighted by atomic mass is 9.79. The standard InChI is InChI=1S/C14H28N2O/c1-9(2)13(8-15)14(17)16-12-6-5-10(3)11(4)7-12/h9-13H,5-8,15H2,1-4H3,(H,16,17). The average Bonchev–Trinajstić information content (AvgIpc) is 2.24. The molecule has 3 heteroatoms. The van der Waals surface area contributed by atoms with Crippen molar-refractivity contribution in [2.24, 2.45) is 29.4 Å². The van der Waals surface area contributed by atoms with Gasteiger partial charge in [-0.15, -0.1) is 0 Å². The van der Waals surface area contributed by atoms with Crippen LogP contribution >= 0.6 is 0 Å². The lowest BCUT2D eigenvalue weighted by Gasteiger charge is -2.33. The molecule has 1 saturated carbocycles. The molecule has 1 amide bonds. The highest BCUT2D eigenvalue weighted by molar-refractivity contribution is 5.79. The van der Waals surface area contributed by atoms with Gasteiger partial charge in [0.25, 0.3) is 0 Å². The normalized spacial score (nSPS) is 31.3. The Morgan fingerprint density at radius 3 is 2.41 bits per heavy atom. The van der Waals surface area contributed by atoms with Crippen molar-refractivity contribution >= 4 is 5.91 Å². The molecule has 0 bridgehead atoms. The van der Waals surface area contributed by atoms with Gasteiger partial charge in [0.2, 0.25) is 5.91 Å². The molecule has 1 aliphatic rings. The second kappa shape index (κ2) is 6.39. The van der Waals surface area contributed by atoms with Crippen molar-refractivity contribution in [3.05, 3.63) is 0 Å². The Bertz CT molecular complexity index is 253. The number of hydrogen-bond acceptors (Lipinski definition) is 2. The minimum atomic E-state index is -0.0374. The topological polar surface area (TPSA) is 55.1 Å². The number of hydrogen-bond donors (Lipinski definition) is 2. The van der Waals surface area contributed by atoms with Crippen molar-refractivity contribution in [1.82, 2.24) is 5.32 Å². The van der Waals surface area contributed by atoms with Gasteiger partial charge in [0.1, 0.15) is 0 Å². The van der Waals surface area contributed by atoms with E-state index in [0.29, 0.717) is 24.4 Å². The SMILES string of the molecule is CC(C)C(CN)C(=O)NC1CCC(C)C(C)C1. The number of carbonyl (C=O) groups is 1. The van der Waals surface area contributed by atoms with E-state index in [-0.39, 0.29) is 11.8 Å². The van der Waals surface area contributed by atoms with Crippen LogP contribution in [0.1, 0.15) is 47.0 Å². The van der Waals surface area contributed by atoms with Crippen molar-refractivity contribution in [2.75, 3.05) is 6.54 Å². The van der Waals surface area contributed by atoms with E-state index >= 15 is 0 Å². The zero-order valence-electron chi connectivity index (χ0n) is 11.7. The van der Waals surface area contributed by atoms with Gasteiger partial charge < -0.3 is 11.1 Å². The molecule has 0 heterocycles. The highest BCUT2D eigenvalue weighted by Crippen LogP contribution is 2.29. The first-order chi connectivity index (χ1) is 7.95. The number of rotatable bonds is 4. The van der Waals surface area contributed by atoms with Crippen LogP contribution in [0.3, 0.4) is 0 Å². The summed E-state index contributed by atoms with van der Waals surface area (Å²) in [5.74, 6) is 1.93. The molecule has 0 aromatic carbocycles. The van der Waals surface area contributed by atoms with Gasteiger partial charge in [0, 0.05) is 12.6 Å². The summed E-state index contributed by atoms with van der Waals surface area (Å²) >= 11 is 0. The molecule has 0 saturated heterocycles. The third kappa shape index (κ3) is 3.98. The summed E-state index contributed by atoms with van der Waals surface area (Å²) in [6.07, 6.45) is 3.45. The van der Waals surface area contributed by atoms with Gasteiger partial charge in [0.15, 0.2) is 0 Å². The van der Waals surface area contributed by atoms with Gasteiger partial charge >= 0.3 is 0 Å². The summed E-state index contributed by atoms with van der Waals surface area (Å²) in [7, 11) is 0. The van der Waals surface area contributed by atoms with Crippen LogP contribution in [-0.2, 0) is 4.79 Å². The fourth-order valence-corrected chi connectivity index (χ4v) is 2.67. The van der Waals surface area contributed by atoms with E-state index in [9.17, 15) is 4.79 Å². The Labute approximate surface area is 106 Å². The van der Waals surface area contributed by atoms with Crippen LogP contribution < -0.4 is 11.1 Å². The van der Waals surface area contributed by atoms with Gasteiger partial charge in [0.05, 0.1) is 5.92 Å². The zero-order valence-corrected chi connectivity index (χ0v) is 11.7. The van der Waals surface area contributed by atoms with Gasteiger partial charge in [-0.1, -0.05) is 27.7 Å². The van der Waals surface area contributed by atoms with Crippen LogP contribution in [0, 0.1) is 23.7 Å². The molecule has 3 nitrogen and oxygen atoms in total. The zero-order chi connectivity index (χ0) is 13.0. The monoisotopic (exact) mass is 240 g/mol. The van der Waals surface area contributed by atoms with E-state index in [1.807, 2.05) is 0 Å². The van der Waals surface area contributed by atoms with Crippen LogP contribution in [-0.4, -0.2) is 18.5 Å². The maximum Gasteiger partial charge on any atom is 0.224 e. The number of carbonyl (C=O) groups excluding carboxylic acids is 1. The van der Waals surface area contributed by atoms with Crippen molar-refractivity contribution < 1.29 is 4.79 Å². The van der Waals surface area contributed by atoms with Crippen LogP contribution in [0.2, 0.25) is 0 Å². The second-order valence-corrected chi connectivity index (χ2v) is 6.06. The first kappa shape index (κ1) is 14.5. The van der Waals surface area contributed by atoms with Gasteiger partial charge in [-0.25, -0.2) is 0 Å². The van der Waals surface area contributed by atoms with Crippen LogP contribution in [0.5, 0.6) is 0 Å². The molecule has 0 aromatic heterocycles. The van der Waals surface area contributed by atoms with Crippen LogP contribution in [0.15, 0.2) is 0 Å². The van der Waals surface area contributed by atoms with E-state index in [0.717, 1.165) is 18.8 Å². The molecule has 0 radical (unpaired) electrons. The van der Waals surface area contributed by atoms with Crippen LogP contribution in [0.4, 0.5) is 0 Å². The number of amides is 1. The molecule has 0 spiro atoms. The molecule has 1 aliphatic carbocycles. The van der Waals surface area contributed by atoms with E-state index in [1.165, 1.54) is 6.42 Å². The van der Waals surface area contributed by atoms with Gasteiger partial charge in [-0.05, 0) is 37.0 Å². The molecule has 17 heavy (non-hydrogen) atoms. The molecule has 100 valence electrons. The third-order valence-corrected chi connectivity index (χ3v) is 4.34. The van der Waals surface area contributed by atoms with E-state index < -0.39 is 0 Å². The molecule has 0 aliphatic heterocycles. The fourth-order valence-electron chi connectivity index (χ4n) is 2.67. The molecule has 4 unspecified atom stereocenters.